The van der Waals surface area contributed by atoms with Gasteiger partial charge in [0.2, 0.25) is 6.54 Å². The van der Waals surface area contributed by atoms with Gasteiger partial charge in [0.15, 0.2) is 5.28 Å². The maximum atomic E-state index is 10.6. The maximum Gasteiger partial charge on any atom is 0.209 e. The minimum absolute atomic E-state index is 0.0256. The van der Waals surface area contributed by atoms with Gasteiger partial charge in [-0.15, -0.1) is 0 Å². The van der Waals surface area contributed by atoms with Crippen LogP contribution >= 0.6 is 0 Å². The Bertz CT molecular complexity index is 351. The van der Waals surface area contributed by atoms with Crippen LogP contribution in [0.5, 0.6) is 0 Å². The van der Waals surface area contributed by atoms with Crippen LogP contribution in [0.1, 0.15) is 11.1 Å². The molecule has 0 aliphatic rings. The molecule has 5 nitrogen and oxygen atoms in total. The van der Waals surface area contributed by atoms with Crippen LogP contribution in [0.3, 0.4) is 0 Å². The number of nitriles is 1. The van der Waals surface area contributed by atoms with Gasteiger partial charge in [0.25, 0.3) is 0 Å². The largest absolute Gasteiger partial charge is 0.597 e. The fraction of sp³-hybridized carbons (Fsp3) is 0.125. The van der Waals surface area contributed by atoms with E-state index in [0.29, 0.717) is 11.1 Å². The second kappa shape index (κ2) is 4.07. The molecule has 0 fully saturated rings. The van der Waals surface area contributed by atoms with E-state index in [-0.39, 0.29) is 11.4 Å². The molecule has 0 aliphatic carbocycles. The molecule has 0 spiro atoms. The van der Waals surface area contributed by atoms with Gasteiger partial charge in [0.1, 0.15) is 0 Å². The Labute approximate surface area is 74.7 Å². The van der Waals surface area contributed by atoms with Crippen molar-refractivity contribution in [3.05, 3.63) is 40.6 Å². The monoisotopic (exact) mass is 177 g/mol. The molecule has 1 N–H and O–H groups in total. The van der Waals surface area contributed by atoms with Gasteiger partial charge < -0.3 is 10.4 Å². The van der Waals surface area contributed by atoms with Gasteiger partial charge in [-0.25, -0.2) is 0 Å². The molecule has 0 heterocycles. The van der Waals surface area contributed by atoms with Gasteiger partial charge in [0, 0.05) is 5.56 Å². The van der Waals surface area contributed by atoms with Crippen molar-refractivity contribution in [2.75, 3.05) is 0 Å². The second-order valence-electron chi connectivity index (χ2n) is 2.41. The summed E-state index contributed by atoms with van der Waals surface area (Å²) in [7, 11) is 0. The van der Waals surface area contributed by atoms with Crippen molar-refractivity contribution in [2.45, 2.75) is 6.54 Å². The van der Waals surface area contributed by atoms with E-state index in [4.69, 9.17) is 10.5 Å². The van der Waals surface area contributed by atoms with Gasteiger partial charge in [-0.3, -0.25) is 0 Å². The molecule has 0 aromatic heterocycles. The topological polar surface area (TPSA) is 82.5 Å². The minimum Gasteiger partial charge on any atom is -0.597 e. The Kier molecular flexibility index (Phi) is 2.82. The van der Waals surface area contributed by atoms with Crippen LogP contribution in [0.4, 0.5) is 0 Å². The Morgan fingerprint density at radius 1 is 1.46 bits per heavy atom. The molecule has 1 rings (SSSR count). The zero-order valence-electron chi connectivity index (χ0n) is 6.71. The van der Waals surface area contributed by atoms with Crippen molar-refractivity contribution in [3.8, 4) is 6.07 Å². The summed E-state index contributed by atoms with van der Waals surface area (Å²) in [6.07, 6.45) is 0. The number of hydrogen-bond donors (Lipinski definition) is 1. The highest BCUT2D eigenvalue weighted by Gasteiger charge is 1.99. The summed E-state index contributed by atoms with van der Waals surface area (Å²) >= 11 is 0. The Hall–Kier alpha value is -2.09. The lowest BCUT2D eigenvalue weighted by atomic mass is 10.1. The van der Waals surface area contributed by atoms with E-state index < -0.39 is 0 Å². The molecule has 0 radical (unpaired) electrons. The molecule has 1 aromatic carbocycles. The van der Waals surface area contributed by atoms with Gasteiger partial charge in [-0.2, -0.15) is 5.26 Å². The molecular formula is C8H7N3O2. The summed E-state index contributed by atoms with van der Waals surface area (Å²) in [6, 6.07) is 8.42. The second-order valence-corrected chi connectivity index (χ2v) is 2.41. The lowest BCUT2D eigenvalue weighted by molar-refractivity contribution is -0.570. The quantitative estimate of drug-likeness (QED) is 0.421. The number of hydrogen-bond acceptors (Lipinski definition) is 3. The van der Waals surface area contributed by atoms with Gasteiger partial charge in [-0.05, 0) is 12.1 Å². The van der Waals surface area contributed by atoms with Crippen LogP contribution in [0.15, 0.2) is 29.5 Å². The van der Waals surface area contributed by atoms with E-state index >= 15 is 0 Å². The third-order valence-corrected chi connectivity index (χ3v) is 1.50. The Balaban J connectivity index is 2.77. The Morgan fingerprint density at radius 3 is 2.54 bits per heavy atom. The molecule has 0 bridgehead atoms. The average molecular weight is 177 g/mol. The van der Waals surface area contributed by atoms with Gasteiger partial charge >= 0.3 is 0 Å². The van der Waals surface area contributed by atoms with Gasteiger partial charge in [-0.1, -0.05) is 17.0 Å². The molecule has 0 aliphatic heterocycles. The smallest absolute Gasteiger partial charge is 0.209 e. The molecule has 66 valence electrons. The highest BCUT2D eigenvalue weighted by Crippen LogP contribution is 2.04. The van der Waals surface area contributed by atoms with Crippen LogP contribution in [0, 0.1) is 16.5 Å². The first-order valence-corrected chi connectivity index (χ1v) is 3.55. The lowest BCUT2D eigenvalue weighted by Crippen LogP contribution is -1.99. The predicted molar refractivity (Wildman–Crippen MR) is 42.7 cm³/mol. The first-order valence-electron chi connectivity index (χ1n) is 3.55. The van der Waals surface area contributed by atoms with Crippen molar-refractivity contribution in [1.29, 1.82) is 5.26 Å². The molecule has 0 amide bonds. The van der Waals surface area contributed by atoms with Crippen molar-refractivity contribution in [2.24, 2.45) is 5.28 Å². The fourth-order valence-corrected chi connectivity index (χ4v) is 0.872. The molecule has 0 unspecified atom stereocenters. The van der Waals surface area contributed by atoms with Crippen molar-refractivity contribution in [1.82, 2.24) is 0 Å². The summed E-state index contributed by atoms with van der Waals surface area (Å²) < 4.78 is 0. The van der Waals surface area contributed by atoms with E-state index in [2.05, 4.69) is 5.28 Å². The third kappa shape index (κ3) is 2.45. The zero-order valence-corrected chi connectivity index (χ0v) is 6.71. The van der Waals surface area contributed by atoms with Crippen LogP contribution in [0.25, 0.3) is 0 Å². The van der Waals surface area contributed by atoms with E-state index in [0.717, 1.165) is 0 Å². The SMILES string of the molecule is N#Cc1ccc(C/[N+]([O-])=N\O)cc1. The normalized spacial score (nSPS) is 10.8. The zero-order chi connectivity index (χ0) is 9.68. The van der Waals surface area contributed by atoms with Crippen molar-refractivity contribution >= 4 is 0 Å². The van der Waals surface area contributed by atoms with Crippen LogP contribution < -0.4 is 0 Å². The highest BCUT2D eigenvalue weighted by atomic mass is 16.6. The Morgan fingerprint density at radius 2 is 2.08 bits per heavy atom. The van der Waals surface area contributed by atoms with E-state index in [9.17, 15) is 5.21 Å². The molecular weight excluding hydrogens is 170 g/mol. The summed E-state index contributed by atoms with van der Waals surface area (Å²) in [5.41, 5.74) is 1.22. The molecule has 0 saturated heterocycles. The van der Waals surface area contributed by atoms with Crippen LogP contribution in [0.2, 0.25) is 0 Å². The van der Waals surface area contributed by atoms with Crippen LogP contribution in [-0.2, 0) is 6.54 Å². The molecule has 1 aromatic rings. The van der Waals surface area contributed by atoms with E-state index in [1.807, 2.05) is 6.07 Å². The van der Waals surface area contributed by atoms with Crippen molar-refractivity contribution in [3.63, 3.8) is 0 Å². The average Bonchev–Trinajstić information content (AvgIpc) is 2.19. The number of rotatable bonds is 2. The summed E-state index contributed by atoms with van der Waals surface area (Å²) in [6.45, 7) is -0.0256. The third-order valence-electron chi connectivity index (χ3n) is 1.50. The number of hydroxylamine groups is 1. The number of benzene rings is 1. The highest BCUT2D eigenvalue weighted by molar-refractivity contribution is 5.31. The first kappa shape index (κ1) is 9.00. The predicted octanol–water partition coefficient (Wildman–Crippen LogP) is 1.41. The summed E-state index contributed by atoms with van der Waals surface area (Å²) in [5, 5.41) is 29.6. The fourth-order valence-electron chi connectivity index (χ4n) is 0.872. The van der Waals surface area contributed by atoms with Crippen LogP contribution in [-0.4, -0.2) is 10.1 Å². The molecule has 5 heteroatoms. The van der Waals surface area contributed by atoms with Crippen molar-refractivity contribution < 1.29 is 10.1 Å². The molecule has 0 atom stereocenters. The molecule has 13 heavy (non-hydrogen) atoms. The number of nitrogens with zero attached hydrogens (tertiary/aromatic N) is 3. The summed E-state index contributed by atoms with van der Waals surface area (Å²) in [5.74, 6) is 0. The summed E-state index contributed by atoms with van der Waals surface area (Å²) in [4.78, 5) is 0.154. The first-order chi connectivity index (χ1) is 6.26. The van der Waals surface area contributed by atoms with Gasteiger partial charge in [0.05, 0.1) is 11.6 Å². The standard InChI is InChI=1S/C8H7N3O2/c9-5-7-1-3-8(4-2-7)6-11(13)10-12/h1-4,12H,6H2/b11-10+. The molecule has 0 saturated carbocycles. The van der Waals surface area contributed by atoms with E-state index in [1.54, 1.807) is 24.3 Å². The lowest BCUT2D eigenvalue weighted by Gasteiger charge is -1.97. The maximum absolute atomic E-state index is 10.6. The van der Waals surface area contributed by atoms with E-state index in [1.165, 1.54) is 0 Å². The minimum atomic E-state index is -0.0256.